The number of ether oxygens (including phenoxy) is 3. The maximum atomic E-state index is 12.6. The summed E-state index contributed by atoms with van der Waals surface area (Å²) in [7, 11) is -2.10. The molecule has 2 aromatic rings. The van der Waals surface area contributed by atoms with Gasteiger partial charge in [0.1, 0.15) is 5.56 Å². The Morgan fingerprint density at radius 2 is 1.88 bits per heavy atom. The van der Waals surface area contributed by atoms with Gasteiger partial charge in [0.05, 0.1) is 36.1 Å². The molecule has 1 aliphatic heterocycles. The number of methoxy groups -OCH3 is 1. The highest BCUT2D eigenvalue weighted by Crippen LogP contribution is 2.35. The molecule has 0 atom stereocenters. The van der Waals surface area contributed by atoms with E-state index in [-0.39, 0.29) is 35.0 Å². The van der Waals surface area contributed by atoms with Crippen LogP contribution in [0.2, 0.25) is 0 Å². The lowest BCUT2D eigenvalue weighted by molar-refractivity contribution is -0.385. The van der Waals surface area contributed by atoms with Crippen LogP contribution in [0.3, 0.4) is 0 Å². The minimum Gasteiger partial charge on any atom is -0.493 e. The van der Waals surface area contributed by atoms with Crippen LogP contribution in [0.15, 0.2) is 30.3 Å². The fraction of sp³-hybridized carbons (Fsp3) is 0.364. The van der Waals surface area contributed by atoms with Crippen molar-refractivity contribution in [3.8, 4) is 11.5 Å². The Kier molecular flexibility index (Phi) is 7.40. The van der Waals surface area contributed by atoms with Gasteiger partial charge < -0.3 is 14.2 Å². The fourth-order valence-corrected chi connectivity index (χ4v) is 4.73. The zero-order valence-corrected chi connectivity index (χ0v) is 19.7. The molecule has 0 amide bonds. The number of sulfonamides is 1. The van der Waals surface area contributed by atoms with Crippen molar-refractivity contribution in [2.24, 2.45) is 0 Å². The first-order chi connectivity index (χ1) is 16.1. The van der Waals surface area contributed by atoms with Crippen LogP contribution < -0.4 is 13.8 Å². The molecule has 11 nitrogen and oxygen atoms in total. The molecule has 0 saturated carbocycles. The number of esters is 1. The summed E-state index contributed by atoms with van der Waals surface area (Å²) in [5.74, 6) is -1.43. The largest absolute Gasteiger partial charge is 0.493 e. The highest BCUT2D eigenvalue weighted by Gasteiger charge is 2.29. The molecule has 0 spiro atoms. The second-order valence-electron chi connectivity index (χ2n) is 7.28. The lowest BCUT2D eigenvalue weighted by Crippen LogP contribution is -2.30. The molecule has 3 rings (SSSR count). The lowest BCUT2D eigenvalue weighted by Gasteiger charge is -2.18. The number of nitrogens with zero attached hydrogens (tertiary/aromatic N) is 2. The molecule has 0 unspecified atom stereocenters. The molecule has 0 N–H and O–H groups in total. The lowest BCUT2D eigenvalue weighted by atomic mass is 10.1. The van der Waals surface area contributed by atoms with Crippen LogP contribution in [0.1, 0.15) is 40.1 Å². The number of ketones is 1. The van der Waals surface area contributed by atoms with E-state index in [1.54, 1.807) is 26.0 Å². The summed E-state index contributed by atoms with van der Waals surface area (Å²) in [4.78, 5) is 35.9. The number of fused-ring (bicyclic) bond motifs is 1. The zero-order chi connectivity index (χ0) is 25.0. The summed E-state index contributed by atoms with van der Waals surface area (Å²) in [5, 5.41) is 11.4. The van der Waals surface area contributed by atoms with E-state index in [1.807, 2.05) is 0 Å². The highest BCUT2D eigenvalue weighted by molar-refractivity contribution is 7.92. The summed E-state index contributed by atoms with van der Waals surface area (Å²) in [6.07, 6.45) is 0.452. The average molecular weight is 493 g/mol. The van der Waals surface area contributed by atoms with E-state index in [2.05, 4.69) is 0 Å². The monoisotopic (exact) mass is 492 g/mol. The third kappa shape index (κ3) is 4.96. The molecule has 34 heavy (non-hydrogen) atoms. The van der Waals surface area contributed by atoms with Gasteiger partial charge >= 0.3 is 5.97 Å². The van der Waals surface area contributed by atoms with Gasteiger partial charge in [-0.15, -0.1) is 0 Å². The van der Waals surface area contributed by atoms with E-state index in [9.17, 15) is 28.1 Å². The second-order valence-corrected chi connectivity index (χ2v) is 9.46. The minimum absolute atomic E-state index is 0.0361. The van der Waals surface area contributed by atoms with Crippen molar-refractivity contribution in [2.75, 3.05) is 36.9 Å². The van der Waals surface area contributed by atoms with E-state index < -0.39 is 39.0 Å². The standard InChI is InChI=1S/C22H24N2O9S/c1-4-32-21-11-16(18(24(27)28)12-20(21)31-3)22(26)33-13-19(25)15-6-7-17-14(10-15)8-9-23(17)34(29,30)5-2/h6-7,10-12H,4-5,8-9,13H2,1-3H3. The number of benzene rings is 2. The molecular formula is C22H24N2O9S. The molecule has 182 valence electrons. The number of Topliss-reactive ketones (excluding diaryl/α,β-unsaturated/α-hetero) is 1. The molecule has 1 heterocycles. The highest BCUT2D eigenvalue weighted by atomic mass is 32.2. The summed E-state index contributed by atoms with van der Waals surface area (Å²) < 4.78 is 41.2. The Bertz CT molecular complexity index is 1240. The smallest absolute Gasteiger partial charge is 0.345 e. The predicted octanol–water partition coefficient (Wildman–Crippen LogP) is 2.75. The van der Waals surface area contributed by atoms with Gasteiger partial charge in [-0.25, -0.2) is 13.2 Å². The number of carbonyl (C=O) groups excluding carboxylic acids is 2. The number of anilines is 1. The van der Waals surface area contributed by atoms with Crippen molar-refractivity contribution in [3.05, 3.63) is 57.1 Å². The SMILES string of the molecule is CCOc1cc(C(=O)OCC(=O)c2ccc3c(c2)CCN3S(=O)(=O)CC)c([N+](=O)[O-])cc1OC. The number of nitro groups is 1. The van der Waals surface area contributed by atoms with Crippen LogP contribution in [0.4, 0.5) is 11.4 Å². The van der Waals surface area contributed by atoms with Gasteiger partial charge in [0.2, 0.25) is 10.0 Å². The van der Waals surface area contributed by atoms with Crippen molar-refractivity contribution in [2.45, 2.75) is 20.3 Å². The van der Waals surface area contributed by atoms with Gasteiger partial charge in [0, 0.05) is 18.2 Å². The molecule has 0 radical (unpaired) electrons. The Morgan fingerprint density at radius 1 is 1.15 bits per heavy atom. The van der Waals surface area contributed by atoms with Crippen molar-refractivity contribution < 1.29 is 37.1 Å². The van der Waals surface area contributed by atoms with Crippen molar-refractivity contribution in [1.29, 1.82) is 0 Å². The van der Waals surface area contributed by atoms with Gasteiger partial charge in [-0.1, -0.05) is 0 Å². The van der Waals surface area contributed by atoms with Gasteiger partial charge in [-0.3, -0.25) is 19.2 Å². The summed E-state index contributed by atoms with van der Waals surface area (Å²) in [5.41, 5.74) is 0.527. The first kappa shape index (κ1) is 25.0. The quantitative estimate of drug-likeness (QED) is 0.212. The van der Waals surface area contributed by atoms with E-state index in [4.69, 9.17) is 14.2 Å². The normalized spacial score (nSPS) is 12.7. The summed E-state index contributed by atoms with van der Waals surface area (Å²) >= 11 is 0. The fourth-order valence-electron chi connectivity index (χ4n) is 3.57. The molecule has 0 bridgehead atoms. The number of hydrogen-bond acceptors (Lipinski definition) is 9. The van der Waals surface area contributed by atoms with Crippen molar-refractivity contribution >= 4 is 33.2 Å². The van der Waals surface area contributed by atoms with Crippen LogP contribution in [-0.2, 0) is 21.2 Å². The Labute approximate surface area is 196 Å². The second kappa shape index (κ2) is 10.1. The average Bonchev–Trinajstić information content (AvgIpc) is 3.26. The van der Waals surface area contributed by atoms with E-state index in [0.717, 1.165) is 12.1 Å². The molecule has 12 heteroatoms. The number of hydrogen-bond donors (Lipinski definition) is 0. The topological polar surface area (TPSA) is 142 Å². The number of nitro benzene ring substituents is 1. The maximum Gasteiger partial charge on any atom is 0.345 e. The molecule has 0 saturated heterocycles. The van der Waals surface area contributed by atoms with Gasteiger partial charge in [-0.2, -0.15) is 0 Å². The third-order valence-corrected chi connectivity index (χ3v) is 7.07. The van der Waals surface area contributed by atoms with Crippen LogP contribution in [0, 0.1) is 10.1 Å². The predicted molar refractivity (Wildman–Crippen MR) is 122 cm³/mol. The summed E-state index contributed by atoms with van der Waals surface area (Å²) in [6.45, 7) is 3.13. The summed E-state index contributed by atoms with van der Waals surface area (Å²) in [6, 6.07) is 6.78. The Hall–Kier alpha value is -3.67. The van der Waals surface area contributed by atoms with Crippen LogP contribution in [-0.4, -0.2) is 57.7 Å². The first-order valence-electron chi connectivity index (χ1n) is 10.5. The maximum absolute atomic E-state index is 12.6. The third-order valence-electron chi connectivity index (χ3n) is 5.29. The number of carbonyl (C=O) groups is 2. The van der Waals surface area contributed by atoms with Gasteiger partial charge in [0.25, 0.3) is 5.69 Å². The van der Waals surface area contributed by atoms with Gasteiger partial charge in [0.15, 0.2) is 23.9 Å². The number of rotatable bonds is 10. The van der Waals surface area contributed by atoms with Crippen LogP contribution >= 0.6 is 0 Å². The molecule has 0 fully saturated rings. The van der Waals surface area contributed by atoms with Crippen LogP contribution in [0.25, 0.3) is 0 Å². The minimum atomic E-state index is -3.42. The van der Waals surface area contributed by atoms with Crippen molar-refractivity contribution in [3.63, 3.8) is 0 Å². The molecular weight excluding hydrogens is 468 g/mol. The van der Waals surface area contributed by atoms with Crippen LogP contribution in [0.5, 0.6) is 11.5 Å². The van der Waals surface area contributed by atoms with Gasteiger partial charge in [-0.05, 0) is 44.0 Å². The Morgan fingerprint density at radius 3 is 2.50 bits per heavy atom. The molecule has 0 aromatic heterocycles. The van der Waals surface area contributed by atoms with E-state index in [0.29, 0.717) is 24.2 Å². The molecule has 2 aromatic carbocycles. The molecule has 0 aliphatic carbocycles. The first-order valence-corrected chi connectivity index (χ1v) is 12.1. The zero-order valence-electron chi connectivity index (χ0n) is 18.9. The van der Waals surface area contributed by atoms with E-state index in [1.165, 1.54) is 17.5 Å². The van der Waals surface area contributed by atoms with E-state index >= 15 is 0 Å². The van der Waals surface area contributed by atoms with Crippen molar-refractivity contribution in [1.82, 2.24) is 0 Å². The Balaban J connectivity index is 1.78. The molecule has 1 aliphatic rings.